The maximum absolute atomic E-state index is 13.2. The molecule has 2 aliphatic heterocycles. The van der Waals surface area contributed by atoms with Crippen LogP contribution in [0.2, 0.25) is 0 Å². The molecule has 2 aliphatic rings. The van der Waals surface area contributed by atoms with Crippen molar-refractivity contribution < 1.29 is 32.2 Å². The Kier molecular flexibility index (Phi) is 9.23. The van der Waals surface area contributed by atoms with Gasteiger partial charge in [-0.3, -0.25) is 4.90 Å². The molecule has 1 atom stereocenters. The lowest BCUT2D eigenvalue weighted by atomic mass is 9.93. The van der Waals surface area contributed by atoms with Crippen LogP contribution < -0.4 is 15.4 Å². The molecule has 0 radical (unpaired) electrons. The summed E-state index contributed by atoms with van der Waals surface area (Å²) in [5, 5.41) is 5.63. The molecule has 1 saturated heterocycles. The fourth-order valence-electron chi connectivity index (χ4n) is 4.78. The molecule has 2 aromatic carbocycles. The smallest absolute Gasteiger partial charge is 0.338 e. The highest BCUT2D eigenvalue weighted by Crippen LogP contribution is 2.32. The fourth-order valence-corrected chi connectivity index (χ4v) is 6.23. The highest BCUT2D eigenvalue weighted by atomic mass is 32.2. The number of rotatable bonds is 10. The normalized spacial score (nSPS) is 18.8. The van der Waals surface area contributed by atoms with E-state index < -0.39 is 28.1 Å². The van der Waals surface area contributed by atoms with Crippen molar-refractivity contribution in [3.63, 3.8) is 0 Å². The third kappa shape index (κ3) is 6.41. The Morgan fingerprint density at radius 2 is 1.77 bits per heavy atom. The molecular formula is C27H34N4O7S. The zero-order chi connectivity index (χ0) is 28.0. The number of methoxy groups -OCH3 is 2. The third-order valence-corrected chi connectivity index (χ3v) is 8.59. The maximum Gasteiger partial charge on any atom is 0.338 e. The van der Waals surface area contributed by atoms with Crippen LogP contribution >= 0.6 is 0 Å². The van der Waals surface area contributed by atoms with E-state index in [0.717, 1.165) is 5.56 Å². The summed E-state index contributed by atoms with van der Waals surface area (Å²) in [5.74, 6) is 0.0884. The molecule has 11 nitrogen and oxygen atoms in total. The molecule has 12 heteroatoms. The van der Waals surface area contributed by atoms with E-state index in [1.165, 1.54) is 4.31 Å². The summed E-state index contributed by atoms with van der Waals surface area (Å²) < 4.78 is 43.6. The van der Waals surface area contributed by atoms with Gasteiger partial charge in [0.15, 0.2) is 0 Å². The van der Waals surface area contributed by atoms with Gasteiger partial charge < -0.3 is 24.8 Å². The summed E-state index contributed by atoms with van der Waals surface area (Å²) in [7, 11) is -0.460. The number of hydrogen-bond donors (Lipinski definition) is 2. The van der Waals surface area contributed by atoms with E-state index in [4.69, 9.17) is 14.2 Å². The number of benzene rings is 2. The van der Waals surface area contributed by atoms with Crippen LogP contribution in [0.3, 0.4) is 0 Å². The van der Waals surface area contributed by atoms with Crippen LogP contribution in [0.1, 0.15) is 24.1 Å². The number of urea groups is 1. The molecule has 0 saturated carbocycles. The predicted octanol–water partition coefficient (Wildman–Crippen LogP) is 2.02. The maximum atomic E-state index is 13.2. The SMILES string of the molecule is CCOC(=O)C1=C(CN2CCN(S(=O)(=O)c3ccccc3)CC2)NC(=O)N[C@@H]1c1ccc(OC)c(COC)c1. The molecule has 2 aromatic rings. The van der Waals surface area contributed by atoms with Crippen molar-refractivity contribution in [1.29, 1.82) is 0 Å². The van der Waals surface area contributed by atoms with E-state index >= 15 is 0 Å². The Morgan fingerprint density at radius 3 is 2.41 bits per heavy atom. The molecule has 2 N–H and O–H groups in total. The van der Waals surface area contributed by atoms with Crippen LogP contribution in [0.4, 0.5) is 4.79 Å². The predicted molar refractivity (Wildman–Crippen MR) is 143 cm³/mol. The van der Waals surface area contributed by atoms with Crippen LogP contribution in [0.25, 0.3) is 0 Å². The second kappa shape index (κ2) is 12.6. The van der Waals surface area contributed by atoms with Gasteiger partial charge in [-0.15, -0.1) is 0 Å². The lowest BCUT2D eigenvalue weighted by Gasteiger charge is -2.36. The fraction of sp³-hybridized carbons (Fsp3) is 0.407. The van der Waals surface area contributed by atoms with Crippen LogP contribution in [-0.4, -0.2) is 83.2 Å². The monoisotopic (exact) mass is 558 g/mol. The number of piperazine rings is 1. The van der Waals surface area contributed by atoms with Gasteiger partial charge in [-0.05, 0) is 36.8 Å². The number of nitrogens with one attached hydrogen (secondary N) is 2. The second-order valence-electron chi connectivity index (χ2n) is 9.14. The van der Waals surface area contributed by atoms with Gasteiger partial charge in [-0.25, -0.2) is 18.0 Å². The van der Waals surface area contributed by atoms with Gasteiger partial charge in [-0.1, -0.05) is 24.3 Å². The van der Waals surface area contributed by atoms with Gasteiger partial charge in [0.1, 0.15) is 5.75 Å². The highest BCUT2D eigenvalue weighted by molar-refractivity contribution is 7.89. The topological polar surface area (TPSA) is 127 Å². The standard InChI is InChI=1S/C27H34N4O7S/c1-4-38-26(32)24-22(17-30-12-14-31(15-13-30)39(34,35)21-8-6-5-7-9-21)28-27(33)29-25(24)19-10-11-23(37-3)20(16-19)18-36-2/h5-11,16,25H,4,12-15,17-18H2,1-3H3,(H2,28,29,33)/t25-/m1/s1. The van der Waals surface area contributed by atoms with E-state index in [1.807, 2.05) is 11.0 Å². The number of nitrogens with zero attached hydrogens (tertiary/aromatic N) is 2. The summed E-state index contributed by atoms with van der Waals surface area (Å²) >= 11 is 0. The minimum absolute atomic E-state index is 0.170. The lowest BCUT2D eigenvalue weighted by molar-refractivity contribution is -0.139. The van der Waals surface area contributed by atoms with E-state index in [2.05, 4.69) is 10.6 Å². The summed E-state index contributed by atoms with van der Waals surface area (Å²) in [5.41, 5.74) is 2.16. The molecule has 0 aromatic heterocycles. The third-order valence-electron chi connectivity index (χ3n) is 6.68. The summed E-state index contributed by atoms with van der Waals surface area (Å²) in [4.78, 5) is 28.2. The highest BCUT2D eigenvalue weighted by Gasteiger charge is 2.36. The average Bonchev–Trinajstić information content (AvgIpc) is 2.94. The van der Waals surface area contributed by atoms with Gasteiger partial charge in [0.2, 0.25) is 10.0 Å². The Morgan fingerprint density at radius 1 is 1.05 bits per heavy atom. The van der Waals surface area contributed by atoms with E-state index in [-0.39, 0.29) is 37.7 Å². The quantitative estimate of drug-likeness (QED) is 0.424. The van der Waals surface area contributed by atoms with E-state index in [1.54, 1.807) is 63.6 Å². The van der Waals surface area contributed by atoms with Crippen molar-refractivity contribution in [2.75, 3.05) is 53.6 Å². The van der Waals surface area contributed by atoms with Crippen molar-refractivity contribution in [2.45, 2.75) is 24.5 Å². The van der Waals surface area contributed by atoms with Gasteiger partial charge in [0.05, 0.1) is 36.8 Å². The average molecular weight is 559 g/mol. The molecule has 2 heterocycles. The van der Waals surface area contributed by atoms with Crippen molar-refractivity contribution >= 4 is 22.0 Å². The first-order valence-corrected chi connectivity index (χ1v) is 14.1. The molecular weight excluding hydrogens is 524 g/mol. The number of esters is 1. The van der Waals surface area contributed by atoms with Crippen molar-refractivity contribution in [1.82, 2.24) is 19.8 Å². The first-order valence-electron chi connectivity index (χ1n) is 12.7. The van der Waals surface area contributed by atoms with E-state index in [9.17, 15) is 18.0 Å². The number of sulfonamides is 1. The minimum Gasteiger partial charge on any atom is -0.496 e. The van der Waals surface area contributed by atoms with Crippen molar-refractivity contribution in [3.05, 3.63) is 70.9 Å². The minimum atomic E-state index is -3.60. The summed E-state index contributed by atoms with van der Waals surface area (Å²) in [6, 6.07) is 12.5. The molecule has 0 unspecified atom stereocenters. The first-order chi connectivity index (χ1) is 18.8. The van der Waals surface area contributed by atoms with Crippen molar-refractivity contribution in [2.24, 2.45) is 0 Å². The van der Waals surface area contributed by atoms with Crippen LogP contribution in [0.5, 0.6) is 5.75 Å². The van der Waals surface area contributed by atoms with E-state index in [0.29, 0.717) is 35.7 Å². The van der Waals surface area contributed by atoms with Crippen LogP contribution in [0, 0.1) is 0 Å². The molecule has 0 spiro atoms. The summed E-state index contributed by atoms with van der Waals surface area (Å²) in [6.45, 7) is 3.86. The summed E-state index contributed by atoms with van der Waals surface area (Å²) in [6.07, 6.45) is 0. The molecule has 4 rings (SSSR count). The zero-order valence-electron chi connectivity index (χ0n) is 22.3. The number of hydrogen-bond acceptors (Lipinski definition) is 8. The molecule has 1 fully saturated rings. The first kappa shape index (κ1) is 28.6. The molecule has 39 heavy (non-hydrogen) atoms. The van der Waals surface area contributed by atoms with Crippen molar-refractivity contribution in [3.8, 4) is 5.75 Å². The number of carbonyl (C=O) groups excluding carboxylic acids is 2. The molecule has 2 amide bonds. The molecule has 0 aliphatic carbocycles. The van der Waals surface area contributed by atoms with Crippen LogP contribution in [-0.2, 0) is 30.9 Å². The second-order valence-corrected chi connectivity index (χ2v) is 11.1. The Labute approximate surface area is 228 Å². The van der Waals surface area contributed by atoms with Crippen LogP contribution in [0.15, 0.2) is 64.7 Å². The molecule has 210 valence electrons. The number of carbonyl (C=O) groups is 2. The lowest BCUT2D eigenvalue weighted by Crippen LogP contribution is -2.52. The Bertz CT molecular complexity index is 1320. The number of ether oxygens (including phenoxy) is 3. The largest absolute Gasteiger partial charge is 0.496 e. The Balaban J connectivity index is 1.59. The van der Waals surface area contributed by atoms with Gasteiger partial charge in [-0.2, -0.15) is 4.31 Å². The van der Waals surface area contributed by atoms with Gasteiger partial charge in [0, 0.05) is 51.1 Å². The van der Waals surface area contributed by atoms with Gasteiger partial charge >= 0.3 is 12.0 Å². The van der Waals surface area contributed by atoms with Gasteiger partial charge in [0.25, 0.3) is 0 Å². The Hall–Kier alpha value is -3.45. The zero-order valence-corrected chi connectivity index (χ0v) is 23.1. The molecule has 0 bridgehead atoms. The number of amides is 2.